The number of anilines is 2. The van der Waals surface area contributed by atoms with Gasteiger partial charge in [0.15, 0.2) is 5.82 Å². The minimum Gasteiger partial charge on any atom is -0.462 e. The molecule has 138 valence electrons. The number of ether oxygens (including phenoxy) is 1. The standard InChI is InChI=1S/C19H17ClN4O3/c1-2-27-18(25)16-12-21-24(15-9-4-3-5-10-15)17(16)23-19(26)22-14-8-6-7-13(20)11-14/h3-12H,2H2,1H3,(H2,22,23,26). The number of benzene rings is 2. The van der Waals surface area contributed by atoms with Gasteiger partial charge in [-0.1, -0.05) is 35.9 Å². The summed E-state index contributed by atoms with van der Waals surface area (Å²) in [5.41, 5.74) is 1.36. The molecular weight excluding hydrogens is 368 g/mol. The molecule has 0 fully saturated rings. The van der Waals surface area contributed by atoms with Crippen LogP contribution in [0.4, 0.5) is 16.3 Å². The average Bonchev–Trinajstić information content (AvgIpc) is 3.06. The van der Waals surface area contributed by atoms with Gasteiger partial charge in [0.05, 0.1) is 18.5 Å². The third kappa shape index (κ3) is 4.45. The van der Waals surface area contributed by atoms with Crippen molar-refractivity contribution in [1.82, 2.24) is 9.78 Å². The maximum Gasteiger partial charge on any atom is 0.343 e. The van der Waals surface area contributed by atoms with Crippen molar-refractivity contribution in [2.24, 2.45) is 0 Å². The van der Waals surface area contributed by atoms with Gasteiger partial charge in [0.2, 0.25) is 0 Å². The minimum absolute atomic E-state index is 0.155. The van der Waals surface area contributed by atoms with E-state index >= 15 is 0 Å². The zero-order valence-electron chi connectivity index (χ0n) is 14.5. The van der Waals surface area contributed by atoms with Gasteiger partial charge in [-0.05, 0) is 37.3 Å². The lowest BCUT2D eigenvalue weighted by atomic mass is 10.3. The third-order valence-corrected chi connectivity index (χ3v) is 3.81. The molecule has 0 atom stereocenters. The highest BCUT2D eigenvalue weighted by Crippen LogP contribution is 2.22. The van der Waals surface area contributed by atoms with Crippen molar-refractivity contribution in [2.75, 3.05) is 17.2 Å². The maximum absolute atomic E-state index is 12.4. The molecule has 0 unspecified atom stereocenters. The molecule has 0 saturated carbocycles. The highest BCUT2D eigenvalue weighted by molar-refractivity contribution is 6.30. The fourth-order valence-corrected chi connectivity index (χ4v) is 2.62. The van der Waals surface area contributed by atoms with Crippen LogP contribution < -0.4 is 10.6 Å². The van der Waals surface area contributed by atoms with Gasteiger partial charge in [0.1, 0.15) is 5.56 Å². The zero-order valence-corrected chi connectivity index (χ0v) is 15.2. The van der Waals surface area contributed by atoms with Gasteiger partial charge in [-0.2, -0.15) is 5.10 Å². The van der Waals surface area contributed by atoms with Crippen molar-refractivity contribution in [3.8, 4) is 5.69 Å². The van der Waals surface area contributed by atoms with Gasteiger partial charge in [-0.15, -0.1) is 0 Å². The average molecular weight is 385 g/mol. The lowest BCUT2D eigenvalue weighted by Gasteiger charge is -2.12. The quantitative estimate of drug-likeness (QED) is 0.640. The number of carbonyl (C=O) groups is 2. The van der Waals surface area contributed by atoms with Crippen molar-refractivity contribution in [3.05, 3.63) is 71.4 Å². The van der Waals surface area contributed by atoms with E-state index in [1.807, 2.05) is 30.3 Å². The SMILES string of the molecule is CCOC(=O)c1cnn(-c2ccccc2)c1NC(=O)Nc1cccc(Cl)c1. The number of nitrogens with one attached hydrogen (secondary N) is 2. The van der Waals surface area contributed by atoms with E-state index < -0.39 is 12.0 Å². The van der Waals surface area contributed by atoms with Crippen LogP contribution in [0, 0.1) is 0 Å². The number of hydrogen-bond donors (Lipinski definition) is 2. The van der Waals surface area contributed by atoms with E-state index in [4.69, 9.17) is 16.3 Å². The summed E-state index contributed by atoms with van der Waals surface area (Å²) in [6, 6.07) is 15.3. The number of carbonyl (C=O) groups excluding carboxylic acids is 2. The van der Waals surface area contributed by atoms with Crippen LogP contribution in [0.5, 0.6) is 0 Å². The Morgan fingerprint density at radius 3 is 2.59 bits per heavy atom. The van der Waals surface area contributed by atoms with Crippen molar-refractivity contribution in [3.63, 3.8) is 0 Å². The van der Waals surface area contributed by atoms with Crippen LogP contribution in [0.1, 0.15) is 17.3 Å². The van der Waals surface area contributed by atoms with Crippen molar-refractivity contribution in [1.29, 1.82) is 0 Å². The Morgan fingerprint density at radius 2 is 1.89 bits per heavy atom. The lowest BCUT2D eigenvalue weighted by Crippen LogP contribution is -2.23. The monoisotopic (exact) mass is 384 g/mol. The highest BCUT2D eigenvalue weighted by Gasteiger charge is 2.21. The molecule has 2 amide bonds. The second-order valence-corrected chi connectivity index (χ2v) is 5.90. The van der Waals surface area contributed by atoms with E-state index in [0.29, 0.717) is 16.4 Å². The Kier molecular flexibility index (Phi) is 5.73. The van der Waals surface area contributed by atoms with Gasteiger partial charge >= 0.3 is 12.0 Å². The molecule has 0 spiro atoms. The molecule has 0 aliphatic rings. The number of halogens is 1. The Bertz CT molecular complexity index is 957. The Balaban J connectivity index is 1.90. The molecule has 0 radical (unpaired) electrons. The van der Waals surface area contributed by atoms with E-state index in [1.165, 1.54) is 10.9 Å². The summed E-state index contributed by atoms with van der Waals surface area (Å²) >= 11 is 5.93. The summed E-state index contributed by atoms with van der Waals surface area (Å²) in [7, 11) is 0. The summed E-state index contributed by atoms with van der Waals surface area (Å²) in [4.78, 5) is 24.7. The number of hydrogen-bond acceptors (Lipinski definition) is 4. The molecule has 1 heterocycles. The smallest absolute Gasteiger partial charge is 0.343 e. The Hall–Kier alpha value is -3.32. The van der Waals surface area contributed by atoms with E-state index in [-0.39, 0.29) is 18.0 Å². The normalized spacial score (nSPS) is 10.3. The molecule has 27 heavy (non-hydrogen) atoms. The van der Waals surface area contributed by atoms with Crippen LogP contribution in [-0.4, -0.2) is 28.4 Å². The molecular formula is C19H17ClN4O3. The molecule has 3 aromatic rings. The molecule has 0 aliphatic heterocycles. The summed E-state index contributed by atoms with van der Waals surface area (Å²) < 4.78 is 6.51. The fraction of sp³-hybridized carbons (Fsp3) is 0.105. The molecule has 0 saturated heterocycles. The summed E-state index contributed by atoms with van der Waals surface area (Å²) in [5.74, 6) is -0.364. The van der Waals surface area contributed by atoms with Gasteiger partial charge in [-0.25, -0.2) is 14.3 Å². The summed E-state index contributed by atoms with van der Waals surface area (Å²) in [5, 5.41) is 10.1. The molecule has 0 aliphatic carbocycles. The number of urea groups is 1. The number of amides is 2. The number of para-hydroxylation sites is 1. The van der Waals surface area contributed by atoms with Crippen molar-refractivity contribution < 1.29 is 14.3 Å². The second-order valence-electron chi connectivity index (χ2n) is 5.46. The molecule has 0 bridgehead atoms. The van der Waals surface area contributed by atoms with E-state index in [9.17, 15) is 9.59 Å². The molecule has 1 aromatic heterocycles. The summed E-state index contributed by atoms with van der Waals surface area (Å²) in [6.45, 7) is 1.92. The predicted molar refractivity (Wildman–Crippen MR) is 104 cm³/mol. The van der Waals surface area contributed by atoms with Crippen LogP contribution in [0.2, 0.25) is 5.02 Å². The fourth-order valence-electron chi connectivity index (χ4n) is 2.43. The van der Waals surface area contributed by atoms with E-state index in [0.717, 1.165) is 0 Å². The van der Waals surface area contributed by atoms with Gasteiger partial charge in [0, 0.05) is 10.7 Å². The number of esters is 1. The first kappa shape index (κ1) is 18.5. The van der Waals surface area contributed by atoms with E-state index in [1.54, 1.807) is 31.2 Å². The van der Waals surface area contributed by atoms with Gasteiger partial charge < -0.3 is 10.1 Å². The molecule has 2 N–H and O–H groups in total. The van der Waals surface area contributed by atoms with Gasteiger partial charge in [0.25, 0.3) is 0 Å². The first-order valence-corrected chi connectivity index (χ1v) is 8.60. The third-order valence-electron chi connectivity index (χ3n) is 3.58. The number of rotatable bonds is 5. The van der Waals surface area contributed by atoms with Crippen molar-refractivity contribution in [2.45, 2.75) is 6.92 Å². The van der Waals surface area contributed by atoms with Crippen molar-refractivity contribution >= 4 is 35.1 Å². The number of nitrogens with zero attached hydrogens (tertiary/aromatic N) is 2. The molecule has 8 heteroatoms. The van der Waals surface area contributed by atoms with Crippen LogP contribution in [0.3, 0.4) is 0 Å². The first-order valence-electron chi connectivity index (χ1n) is 8.22. The molecule has 2 aromatic carbocycles. The molecule has 3 rings (SSSR count). The highest BCUT2D eigenvalue weighted by atomic mass is 35.5. The Labute approximate surface area is 160 Å². The van der Waals surface area contributed by atoms with Crippen LogP contribution in [0.15, 0.2) is 60.8 Å². The maximum atomic E-state index is 12.4. The van der Waals surface area contributed by atoms with Gasteiger partial charge in [-0.3, -0.25) is 5.32 Å². The van der Waals surface area contributed by atoms with Crippen LogP contribution in [0.25, 0.3) is 5.69 Å². The molecule has 7 nitrogen and oxygen atoms in total. The minimum atomic E-state index is -0.572. The lowest BCUT2D eigenvalue weighted by molar-refractivity contribution is 0.0527. The Morgan fingerprint density at radius 1 is 1.11 bits per heavy atom. The summed E-state index contributed by atoms with van der Waals surface area (Å²) in [6.07, 6.45) is 1.36. The first-order chi connectivity index (χ1) is 13.1. The zero-order chi connectivity index (χ0) is 19.2. The van der Waals surface area contributed by atoms with Crippen LogP contribution in [-0.2, 0) is 4.74 Å². The van der Waals surface area contributed by atoms with Crippen LogP contribution >= 0.6 is 11.6 Å². The topological polar surface area (TPSA) is 85.2 Å². The number of aromatic nitrogens is 2. The second kappa shape index (κ2) is 8.37. The largest absolute Gasteiger partial charge is 0.462 e. The van der Waals surface area contributed by atoms with E-state index in [2.05, 4.69) is 15.7 Å². The predicted octanol–water partition coefficient (Wildman–Crippen LogP) is 4.35.